The van der Waals surface area contributed by atoms with E-state index in [0.29, 0.717) is 6.61 Å². The summed E-state index contributed by atoms with van der Waals surface area (Å²) in [5, 5.41) is 7.46. The number of ether oxygens (including phenoxy) is 1. The maximum Gasteiger partial charge on any atom is 0.164 e. The van der Waals surface area contributed by atoms with E-state index in [9.17, 15) is 0 Å². The van der Waals surface area contributed by atoms with E-state index >= 15 is 0 Å². The van der Waals surface area contributed by atoms with Gasteiger partial charge in [-0.1, -0.05) is 19.1 Å². The van der Waals surface area contributed by atoms with Gasteiger partial charge in [-0.2, -0.15) is 5.10 Å². The lowest BCUT2D eigenvalue weighted by molar-refractivity contribution is 0.284. The second-order valence-corrected chi connectivity index (χ2v) is 4.91. The zero-order valence-corrected chi connectivity index (χ0v) is 12.6. The van der Waals surface area contributed by atoms with Crippen LogP contribution in [-0.2, 0) is 13.7 Å². The fourth-order valence-electron chi connectivity index (χ4n) is 2.13. The van der Waals surface area contributed by atoms with Gasteiger partial charge in [0.05, 0.1) is 0 Å². The highest BCUT2D eigenvalue weighted by atomic mass is 16.5. The molecule has 0 fully saturated rings. The molecule has 2 aromatic rings. The van der Waals surface area contributed by atoms with Crippen molar-refractivity contribution in [3.05, 3.63) is 41.5 Å². The molecule has 5 heteroatoms. The third kappa shape index (κ3) is 3.36. The van der Waals surface area contributed by atoms with E-state index in [4.69, 9.17) is 4.74 Å². The third-order valence-electron chi connectivity index (χ3n) is 3.31. The van der Waals surface area contributed by atoms with Gasteiger partial charge in [-0.15, -0.1) is 0 Å². The molecule has 1 N–H and O–H groups in total. The fraction of sp³-hybridized carbons (Fsp3) is 0.467. The number of nitrogens with one attached hydrogen (secondary N) is 1. The zero-order chi connectivity index (χ0) is 14.5. The minimum absolute atomic E-state index is 0.259. The van der Waals surface area contributed by atoms with Crippen LogP contribution in [-0.4, -0.2) is 21.3 Å². The van der Waals surface area contributed by atoms with Gasteiger partial charge in [-0.05, 0) is 32.0 Å². The van der Waals surface area contributed by atoms with E-state index in [1.54, 1.807) is 4.68 Å². The van der Waals surface area contributed by atoms with Gasteiger partial charge in [0.15, 0.2) is 5.82 Å². The Balaban J connectivity index is 2.17. The molecule has 0 spiro atoms. The van der Waals surface area contributed by atoms with Crippen LogP contribution < -0.4 is 10.1 Å². The number of aryl methyl sites for hydroxylation is 2. The molecular weight excluding hydrogens is 252 g/mol. The van der Waals surface area contributed by atoms with Crippen LogP contribution in [0.2, 0.25) is 0 Å². The molecule has 108 valence electrons. The number of hydrogen-bond donors (Lipinski definition) is 1. The molecule has 1 atom stereocenters. The Hall–Kier alpha value is -1.88. The van der Waals surface area contributed by atoms with Gasteiger partial charge in [-0.25, -0.2) is 4.98 Å². The van der Waals surface area contributed by atoms with Gasteiger partial charge in [0.1, 0.15) is 18.7 Å². The highest BCUT2D eigenvalue weighted by Crippen LogP contribution is 2.27. The summed E-state index contributed by atoms with van der Waals surface area (Å²) in [6, 6.07) is 6.56. The zero-order valence-electron chi connectivity index (χ0n) is 12.6. The smallest absolute Gasteiger partial charge is 0.164 e. The van der Waals surface area contributed by atoms with Crippen LogP contribution in [0, 0.1) is 6.92 Å². The summed E-state index contributed by atoms with van der Waals surface area (Å²) in [5.41, 5.74) is 2.35. The number of nitrogens with zero attached hydrogens (tertiary/aromatic N) is 3. The predicted molar refractivity (Wildman–Crippen MR) is 78.6 cm³/mol. The molecule has 0 aliphatic rings. The molecule has 0 aliphatic heterocycles. The van der Waals surface area contributed by atoms with Crippen LogP contribution in [0.25, 0.3) is 0 Å². The van der Waals surface area contributed by atoms with Gasteiger partial charge >= 0.3 is 0 Å². The first kappa shape index (κ1) is 14.5. The molecule has 1 aromatic carbocycles. The van der Waals surface area contributed by atoms with Crippen molar-refractivity contribution in [3.63, 3.8) is 0 Å². The molecule has 1 unspecified atom stereocenters. The average molecular weight is 274 g/mol. The van der Waals surface area contributed by atoms with Crippen molar-refractivity contribution in [1.82, 2.24) is 20.1 Å². The molecule has 20 heavy (non-hydrogen) atoms. The maximum absolute atomic E-state index is 5.95. The van der Waals surface area contributed by atoms with Gasteiger partial charge in [-0.3, -0.25) is 4.68 Å². The average Bonchev–Trinajstić information content (AvgIpc) is 2.82. The van der Waals surface area contributed by atoms with E-state index in [1.807, 2.05) is 7.05 Å². The predicted octanol–water partition coefficient (Wildman–Crippen LogP) is 2.37. The molecule has 1 heterocycles. The lowest BCUT2D eigenvalue weighted by Crippen LogP contribution is -2.18. The van der Waals surface area contributed by atoms with Crippen molar-refractivity contribution < 1.29 is 4.74 Å². The van der Waals surface area contributed by atoms with Crippen LogP contribution in [0.15, 0.2) is 24.5 Å². The Labute approximate surface area is 120 Å². The van der Waals surface area contributed by atoms with E-state index in [1.165, 1.54) is 17.5 Å². The molecular formula is C15H22N4O. The van der Waals surface area contributed by atoms with E-state index in [-0.39, 0.29) is 6.04 Å². The summed E-state index contributed by atoms with van der Waals surface area (Å²) in [7, 11) is 1.87. The summed E-state index contributed by atoms with van der Waals surface area (Å²) in [4.78, 5) is 4.18. The largest absolute Gasteiger partial charge is 0.485 e. The van der Waals surface area contributed by atoms with Gasteiger partial charge in [0.2, 0.25) is 0 Å². The summed E-state index contributed by atoms with van der Waals surface area (Å²) >= 11 is 0. The Morgan fingerprint density at radius 1 is 1.40 bits per heavy atom. The highest BCUT2D eigenvalue weighted by Gasteiger charge is 2.12. The molecule has 1 aromatic heterocycles. The van der Waals surface area contributed by atoms with Gasteiger partial charge < -0.3 is 10.1 Å². The van der Waals surface area contributed by atoms with Crippen LogP contribution in [0.1, 0.15) is 36.8 Å². The van der Waals surface area contributed by atoms with Crippen LogP contribution in [0.4, 0.5) is 0 Å². The highest BCUT2D eigenvalue weighted by molar-refractivity contribution is 5.39. The minimum Gasteiger partial charge on any atom is -0.485 e. The lowest BCUT2D eigenvalue weighted by atomic mass is 10.0. The van der Waals surface area contributed by atoms with E-state index in [0.717, 1.165) is 18.1 Å². The van der Waals surface area contributed by atoms with Crippen molar-refractivity contribution in [2.24, 2.45) is 7.05 Å². The van der Waals surface area contributed by atoms with Crippen LogP contribution in [0.3, 0.4) is 0 Å². The molecule has 0 bridgehead atoms. The molecule has 0 saturated carbocycles. The Bertz CT molecular complexity index is 565. The lowest BCUT2D eigenvalue weighted by Gasteiger charge is -2.18. The summed E-state index contributed by atoms with van der Waals surface area (Å²) in [5.74, 6) is 1.72. The molecule has 2 rings (SSSR count). The first-order chi connectivity index (χ1) is 9.61. The molecule has 0 saturated heterocycles. The van der Waals surface area contributed by atoms with E-state index in [2.05, 4.69) is 54.4 Å². The number of rotatable bonds is 6. The first-order valence-corrected chi connectivity index (χ1v) is 6.91. The van der Waals surface area contributed by atoms with Crippen molar-refractivity contribution in [2.75, 3.05) is 6.54 Å². The Morgan fingerprint density at radius 3 is 2.85 bits per heavy atom. The van der Waals surface area contributed by atoms with E-state index < -0.39 is 0 Å². The molecule has 5 nitrogen and oxygen atoms in total. The fourth-order valence-corrected chi connectivity index (χ4v) is 2.13. The number of hydrogen-bond acceptors (Lipinski definition) is 4. The second-order valence-electron chi connectivity index (χ2n) is 4.91. The SMILES string of the molecule is CCNC(C)c1ccc(C)cc1OCc1ncnn1C. The maximum atomic E-state index is 5.95. The molecule has 0 amide bonds. The van der Waals surface area contributed by atoms with Gasteiger partial charge in [0.25, 0.3) is 0 Å². The molecule has 0 radical (unpaired) electrons. The summed E-state index contributed by atoms with van der Waals surface area (Å²) in [6.07, 6.45) is 1.54. The van der Waals surface area contributed by atoms with Crippen molar-refractivity contribution in [3.8, 4) is 5.75 Å². The van der Waals surface area contributed by atoms with Crippen LogP contribution >= 0.6 is 0 Å². The van der Waals surface area contributed by atoms with Crippen molar-refractivity contribution in [2.45, 2.75) is 33.4 Å². The quantitative estimate of drug-likeness (QED) is 0.878. The Morgan fingerprint density at radius 2 is 2.20 bits per heavy atom. The third-order valence-corrected chi connectivity index (χ3v) is 3.31. The topological polar surface area (TPSA) is 52.0 Å². The summed E-state index contributed by atoms with van der Waals surface area (Å²) < 4.78 is 7.67. The number of benzene rings is 1. The first-order valence-electron chi connectivity index (χ1n) is 6.91. The normalized spacial score (nSPS) is 12.4. The van der Waals surface area contributed by atoms with Crippen molar-refractivity contribution >= 4 is 0 Å². The van der Waals surface area contributed by atoms with Crippen molar-refractivity contribution in [1.29, 1.82) is 0 Å². The Kier molecular flexibility index (Phi) is 4.74. The minimum atomic E-state index is 0.259. The molecule has 0 aliphatic carbocycles. The standard InChI is InChI=1S/C15H22N4O/c1-5-16-12(3)13-7-6-11(2)8-14(13)20-9-15-17-10-18-19(15)4/h6-8,10,12,16H,5,9H2,1-4H3. The second kappa shape index (κ2) is 6.52. The van der Waals surface area contributed by atoms with Gasteiger partial charge in [0, 0.05) is 18.7 Å². The monoisotopic (exact) mass is 274 g/mol. The summed E-state index contributed by atoms with van der Waals surface area (Å²) in [6.45, 7) is 7.66. The van der Waals surface area contributed by atoms with Crippen LogP contribution in [0.5, 0.6) is 5.75 Å². The number of aromatic nitrogens is 3.